The van der Waals surface area contributed by atoms with Gasteiger partial charge in [-0.2, -0.15) is 17.4 Å². The molecule has 0 spiro atoms. The molecule has 0 aromatic heterocycles. The number of aliphatic imine (C=N–C) groups is 1. The van der Waals surface area contributed by atoms with Crippen molar-refractivity contribution >= 4 is 58.0 Å². The number of nitrogens with one attached hydrogen (secondary N) is 3. The van der Waals surface area contributed by atoms with E-state index >= 15 is 4.39 Å². The van der Waals surface area contributed by atoms with Crippen LogP contribution < -0.4 is 20.1 Å². The molecule has 0 aliphatic rings. The van der Waals surface area contributed by atoms with Crippen LogP contribution in [0.25, 0.3) is 0 Å². The number of amides is 3. The zero-order valence-corrected chi connectivity index (χ0v) is 39.2. The molecule has 2 aromatic rings. The maximum absolute atomic E-state index is 15.5. The predicted octanol–water partition coefficient (Wildman–Crippen LogP) is 7.29. The normalized spacial score (nSPS) is 13.2. The van der Waals surface area contributed by atoms with Crippen LogP contribution in [-0.2, 0) is 50.0 Å². The second kappa shape index (κ2) is 20.6. The second-order valence-electron chi connectivity index (χ2n) is 18.9. The first-order valence-corrected chi connectivity index (χ1v) is 21.0. The smallest absolute Gasteiger partial charge is 0.437 e. The lowest BCUT2D eigenvalue weighted by atomic mass is 10.1. The molecule has 0 bridgehead atoms. The number of guanidine groups is 1. The Morgan fingerprint density at radius 3 is 1.71 bits per heavy atom. The molecule has 0 heterocycles. The standard InChI is InChI=1S/C42H60FN5O14S/c1-38(2,3)58-31(49)23-29(33(51)59-39(4,5)6)47-63(55,56)48(37(54)62-42(13,14)15)24-25-16-21-30(28(43)22-25)57-32(50)26-17-19-27(20-18-26)44-34(45-35(52)60-40(7,8)9)46-36(53)61-41(10,11)12/h16-22,29,47H,23-24H2,1-15H3,(H2,44,45,46,52,53). The van der Waals surface area contributed by atoms with Gasteiger partial charge in [-0.25, -0.2) is 23.6 Å². The number of esters is 3. The third-order valence-corrected chi connectivity index (χ3v) is 8.23. The van der Waals surface area contributed by atoms with E-state index in [1.54, 1.807) is 62.3 Å². The molecule has 350 valence electrons. The van der Waals surface area contributed by atoms with Crippen molar-refractivity contribution in [1.82, 2.24) is 14.3 Å². The van der Waals surface area contributed by atoms with E-state index in [2.05, 4.69) is 15.6 Å². The molecule has 0 radical (unpaired) electrons. The Morgan fingerprint density at radius 1 is 0.698 bits per heavy atom. The van der Waals surface area contributed by atoms with E-state index in [9.17, 15) is 37.2 Å². The van der Waals surface area contributed by atoms with Gasteiger partial charge in [-0.1, -0.05) is 6.07 Å². The summed E-state index contributed by atoms with van der Waals surface area (Å²) in [6, 6.07) is 6.49. The number of anilines is 1. The predicted molar refractivity (Wildman–Crippen MR) is 228 cm³/mol. The maximum Gasteiger partial charge on any atom is 0.437 e. The first-order chi connectivity index (χ1) is 28.4. The molecule has 3 N–H and O–H groups in total. The van der Waals surface area contributed by atoms with Gasteiger partial charge in [0.25, 0.3) is 0 Å². The van der Waals surface area contributed by atoms with Gasteiger partial charge in [-0.05, 0) is 146 Å². The number of ether oxygens (including phenoxy) is 6. The zero-order chi connectivity index (χ0) is 48.5. The fourth-order valence-electron chi connectivity index (χ4n) is 4.64. The summed E-state index contributed by atoms with van der Waals surface area (Å²) < 4.78 is 77.1. The van der Waals surface area contributed by atoms with E-state index in [0.29, 0.717) is 0 Å². The first-order valence-electron chi connectivity index (χ1n) is 19.6. The molecule has 0 aliphatic carbocycles. The molecule has 3 amide bonds. The number of carbonyl (C=O) groups excluding carboxylic acids is 6. The van der Waals surface area contributed by atoms with E-state index in [-0.39, 0.29) is 27.1 Å². The number of benzene rings is 2. The van der Waals surface area contributed by atoms with Crippen molar-refractivity contribution < 1.29 is 70.0 Å². The summed E-state index contributed by atoms with van der Waals surface area (Å²) in [6.45, 7) is 22.7. The van der Waals surface area contributed by atoms with Crippen LogP contribution in [0.4, 0.5) is 24.5 Å². The van der Waals surface area contributed by atoms with E-state index in [1.807, 2.05) is 4.72 Å². The molecule has 2 aromatic carbocycles. The molecular formula is C42H60FN5O14S. The summed E-state index contributed by atoms with van der Waals surface area (Å²) in [4.78, 5) is 81.0. The lowest BCUT2D eigenvalue weighted by Gasteiger charge is -2.29. The summed E-state index contributed by atoms with van der Waals surface area (Å²) in [5.41, 5.74) is -5.01. The highest BCUT2D eigenvalue weighted by Gasteiger charge is 2.38. The Hall–Kier alpha value is -5.83. The minimum Gasteiger partial charge on any atom is -0.460 e. The number of halogens is 1. The van der Waals surface area contributed by atoms with Crippen LogP contribution in [0, 0.1) is 5.82 Å². The van der Waals surface area contributed by atoms with Gasteiger partial charge in [0.05, 0.1) is 18.5 Å². The Morgan fingerprint density at radius 2 is 1.22 bits per heavy atom. The average Bonchev–Trinajstić information content (AvgIpc) is 3.03. The fourth-order valence-corrected chi connectivity index (χ4v) is 5.86. The first kappa shape index (κ1) is 53.3. The molecule has 19 nitrogen and oxygen atoms in total. The van der Waals surface area contributed by atoms with E-state index in [4.69, 9.17) is 28.4 Å². The molecule has 2 rings (SSSR count). The Balaban J connectivity index is 2.37. The zero-order valence-electron chi connectivity index (χ0n) is 38.4. The lowest BCUT2D eigenvalue weighted by Crippen LogP contribution is -2.53. The summed E-state index contributed by atoms with van der Waals surface area (Å²) >= 11 is 0. The van der Waals surface area contributed by atoms with Crippen molar-refractivity contribution in [2.24, 2.45) is 4.99 Å². The van der Waals surface area contributed by atoms with Crippen LogP contribution in [0.5, 0.6) is 5.75 Å². The number of carbonyl (C=O) groups is 6. The third-order valence-electron chi connectivity index (χ3n) is 6.78. The van der Waals surface area contributed by atoms with Crippen LogP contribution in [0.15, 0.2) is 47.5 Å². The summed E-state index contributed by atoms with van der Waals surface area (Å²) in [5.74, 6) is -5.14. The van der Waals surface area contributed by atoms with Gasteiger partial charge in [-0.3, -0.25) is 14.9 Å². The van der Waals surface area contributed by atoms with Gasteiger partial charge >= 0.3 is 46.4 Å². The van der Waals surface area contributed by atoms with Crippen LogP contribution >= 0.6 is 0 Å². The van der Waals surface area contributed by atoms with Gasteiger partial charge in [-0.15, -0.1) is 4.99 Å². The van der Waals surface area contributed by atoms with Gasteiger partial charge in [0.2, 0.25) is 5.96 Å². The SMILES string of the molecule is CC(C)(C)OC(=O)CC(NS(=O)(=O)N(Cc1ccc(OC(=O)c2ccc(NC(=NC(=O)OC(C)(C)C)NC(=O)OC(C)(C)C)cc2)c(F)c1)C(=O)OC(C)(C)C)C(=O)OC(C)(C)C. The van der Waals surface area contributed by atoms with Crippen LogP contribution in [0.2, 0.25) is 0 Å². The second-order valence-corrected chi connectivity index (χ2v) is 20.5. The Kier molecular flexibility index (Phi) is 17.4. The fraction of sp³-hybridized carbons (Fsp3) is 0.548. The van der Waals surface area contributed by atoms with Crippen LogP contribution in [-0.4, -0.2) is 88.9 Å². The van der Waals surface area contributed by atoms with Crippen molar-refractivity contribution in [1.29, 1.82) is 0 Å². The number of alkyl carbamates (subject to hydrolysis) is 1. The van der Waals surface area contributed by atoms with Crippen molar-refractivity contribution in [2.45, 2.75) is 151 Å². The third kappa shape index (κ3) is 20.7. The Labute approximate surface area is 367 Å². The van der Waals surface area contributed by atoms with Crippen molar-refractivity contribution in [3.8, 4) is 5.75 Å². The number of hydrogen-bond donors (Lipinski definition) is 3. The highest BCUT2D eigenvalue weighted by molar-refractivity contribution is 7.87. The van der Waals surface area contributed by atoms with Gasteiger partial charge in [0, 0.05) is 5.69 Å². The minimum absolute atomic E-state index is 0.0612. The van der Waals surface area contributed by atoms with E-state index < -0.39 is 105 Å². The maximum atomic E-state index is 15.5. The molecule has 0 aliphatic heterocycles. The van der Waals surface area contributed by atoms with Gasteiger partial charge in [0.1, 0.15) is 34.0 Å². The minimum atomic E-state index is -5.07. The van der Waals surface area contributed by atoms with Crippen molar-refractivity contribution in [2.75, 3.05) is 5.32 Å². The molecule has 0 saturated heterocycles. The van der Waals surface area contributed by atoms with Crippen LogP contribution in [0.1, 0.15) is 126 Å². The number of hydrogen-bond acceptors (Lipinski definition) is 14. The van der Waals surface area contributed by atoms with E-state index in [0.717, 1.165) is 12.1 Å². The Bertz CT molecular complexity index is 2140. The summed E-state index contributed by atoms with van der Waals surface area (Å²) in [7, 11) is -5.07. The lowest BCUT2D eigenvalue weighted by molar-refractivity contribution is -0.164. The quantitative estimate of drug-likeness (QED) is 0.0659. The molecule has 1 unspecified atom stereocenters. The molecule has 21 heteroatoms. The van der Waals surface area contributed by atoms with Gasteiger partial charge < -0.3 is 33.7 Å². The van der Waals surface area contributed by atoms with Crippen LogP contribution in [0.3, 0.4) is 0 Å². The molecule has 0 saturated carbocycles. The van der Waals surface area contributed by atoms with E-state index in [1.165, 1.54) is 71.9 Å². The highest BCUT2D eigenvalue weighted by Crippen LogP contribution is 2.24. The number of rotatable bonds is 11. The summed E-state index contributed by atoms with van der Waals surface area (Å²) in [5, 5.41) is 5.06. The highest BCUT2D eigenvalue weighted by atomic mass is 32.2. The monoisotopic (exact) mass is 909 g/mol. The van der Waals surface area contributed by atoms with Crippen molar-refractivity contribution in [3.05, 3.63) is 59.4 Å². The largest absolute Gasteiger partial charge is 0.460 e. The van der Waals surface area contributed by atoms with Crippen molar-refractivity contribution in [3.63, 3.8) is 0 Å². The summed E-state index contributed by atoms with van der Waals surface area (Å²) in [6.07, 6.45) is -4.17. The molecule has 63 heavy (non-hydrogen) atoms. The average molecular weight is 910 g/mol. The molecule has 0 fully saturated rings. The molecular weight excluding hydrogens is 850 g/mol. The topological polar surface area (TPSA) is 244 Å². The van der Waals surface area contributed by atoms with Gasteiger partial charge in [0.15, 0.2) is 11.6 Å². The molecule has 1 atom stereocenters. The number of nitrogens with zero attached hydrogens (tertiary/aromatic N) is 2.